The van der Waals surface area contributed by atoms with Crippen LogP contribution in [-0.2, 0) is 9.59 Å². The predicted molar refractivity (Wildman–Crippen MR) is 99.5 cm³/mol. The number of nitrogens with one attached hydrogen (secondary N) is 1. The number of rotatable bonds is 3. The number of hydrogen-bond donors (Lipinski definition) is 1. The van der Waals surface area contributed by atoms with E-state index in [9.17, 15) is 9.59 Å². The Hall–Kier alpha value is -2.27. The SMILES string of the molecule is O=C1Nc2ccccc2S[C@H]1CC(=O)N1CCC[C@@H]1c1ccccc1. The summed E-state index contributed by atoms with van der Waals surface area (Å²) >= 11 is 1.49. The highest BCUT2D eigenvalue weighted by molar-refractivity contribution is 8.01. The molecule has 2 atom stereocenters. The van der Waals surface area contributed by atoms with E-state index in [4.69, 9.17) is 0 Å². The van der Waals surface area contributed by atoms with Crippen molar-refractivity contribution >= 4 is 29.3 Å². The maximum Gasteiger partial charge on any atom is 0.238 e. The zero-order valence-corrected chi connectivity index (χ0v) is 14.7. The van der Waals surface area contributed by atoms with Crippen molar-refractivity contribution in [2.24, 2.45) is 0 Å². The van der Waals surface area contributed by atoms with Crippen LogP contribution in [0.25, 0.3) is 0 Å². The second-order valence-corrected chi connectivity index (χ2v) is 7.70. The molecule has 2 aliphatic heterocycles. The number of nitrogens with zero attached hydrogens (tertiary/aromatic N) is 1. The fourth-order valence-electron chi connectivity index (χ4n) is 3.59. The van der Waals surface area contributed by atoms with Gasteiger partial charge in [0.05, 0.1) is 17.0 Å². The van der Waals surface area contributed by atoms with E-state index < -0.39 is 0 Å². The number of amides is 2. The van der Waals surface area contributed by atoms with Gasteiger partial charge in [-0.15, -0.1) is 11.8 Å². The van der Waals surface area contributed by atoms with Gasteiger partial charge in [0, 0.05) is 17.9 Å². The minimum absolute atomic E-state index is 0.0679. The van der Waals surface area contributed by atoms with Crippen molar-refractivity contribution in [3.8, 4) is 0 Å². The van der Waals surface area contributed by atoms with Gasteiger partial charge in [0.1, 0.15) is 0 Å². The second-order valence-electron chi connectivity index (χ2n) is 6.45. The zero-order chi connectivity index (χ0) is 17.2. The molecule has 2 aliphatic rings. The molecule has 4 rings (SSSR count). The molecule has 0 unspecified atom stereocenters. The molecule has 0 spiro atoms. The van der Waals surface area contributed by atoms with Crippen molar-refractivity contribution in [1.29, 1.82) is 0 Å². The number of carbonyl (C=O) groups is 2. The first-order valence-corrected chi connectivity index (χ1v) is 9.51. The highest BCUT2D eigenvalue weighted by Gasteiger charge is 2.34. The molecule has 1 fully saturated rings. The Morgan fingerprint density at radius 1 is 1.12 bits per heavy atom. The van der Waals surface area contributed by atoms with Gasteiger partial charge in [0.25, 0.3) is 0 Å². The summed E-state index contributed by atoms with van der Waals surface area (Å²) in [5.41, 5.74) is 2.02. The molecule has 0 radical (unpaired) electrons. The van der Waals surface area contributed by atoms with Crippen molar-refractivity contribution in [2.45, 2.75) is 35.4 Å². The number of thioether (sulfide) groups is 1. The summed E-state index contributed by atoms with van der Waals surface area (Å²) in [6, 6.07) is 18.0. The first-order valence-electron chi connectivity index (χ1n) is 8.63. The van der Waals surface area contributed by atoms with E-state index in [1.165, 1.54) is 17.3 Å². The lowest BCUT2D eigenvalue weighted by atomic mass is 10.0. The topological polar surface area (TPSA) is 49.4 Å². The summed E-state index contributed by atoms with van der Waals surface area (Å²) in [5, 5.41) is 2.56. The van der Waals surface area contributed by atoms with Crippen LogP contribution >= 0.6 is 11.8 Å². The van der Waals surface area contributed by atoms with Crippen LogP contribution in [0.3, 0.4) is 0 Å². The quantitative estimate of drug-likeness (QED) is 0.913. The molecule has 0 aromatic heterocycles. The molecule has 0 bridgehead atoms. The van der Waals surface area contributed by atoms with Gasteiger partial charge in [-0.1, -0.05) is 42.5 Å². The number of benzene rings is 2. The van der Waals surface area contributed by atoms with E-state index in [1.807, 2.05) is 47.4 Å². The predicted octanol–water partition coefficient (Wildman–Crippen LogP) is 3.85. The van der Waals surface area contributed by atoms with Crippen LogP contribution in [0.1, 0.15) is 30.9 Å². The van der Waals surface area contributed by atoms with Gasteiger partial charge in [-0.2, -0.15) is 0 Å². The highest BCUT2D eigenvalue weighted by Crippen LogP contribution is 2.38. The average molecular weight is 352 g/mol. The number of para-hydroxylation sites is 1. The summed E-state index contributed by atoms with van der Waals surface area (Å²) in [6.07, 6.45) is 2.24. The fourth-order valence-corrected chi connectivity index (χ4v) is 4.69. The van der Waals surface area contributed by atoms with Gasteiger partial charge in [0.15, 0.2) is 0 Å². The van der Waals surface area contributed by atoms with Crippen LogP contribution in [0.15, 0.2) is 59.5 Å². The van der Waals surface area contributed by atoms with Gasteiger partial charge in [0.2, 0.25) is 11.8 Å². The largest absolute Gasteiger partial charge is 0.336 e. The molecule has 128 valence electrons. The summed E-state index contributed by atoms with van der Waals surface area (Å²) in [7, 11) is 0. The first-order chi connectivity index (χ1) is 12.2. The second kappa shape index (κ2) is 6.92. The van der Waals surface area contributed by atoms with Crippen molar-refractivity contribution in [1.82, 2.24) is 4.90 Å². The number of hydrogen-bond acceptors (Lipinski definition) is 3. The van der Waals surface area contributed by atoms with Crippen molar-refractivity contribution in [2.75, 3.05) is 11.9 Å². The fraction of sp³-hybridized carbons (Fsp3) is 0.300. The number of fused-ring (bicyclic) bond motifs is 1. The molecule has 4 nitrogen and oxygen atoms in total. The van der Waals surface area contributed by atoms with Crippen LogP contribution in [0.2, 0.25) is 0 Å². The molecule has 5 heteroatoms. The van der Waals surface area contributed by atoms with E-state index >= 15 is 0 Å². The number of carbonyl (C=O) groups excluding carboxylic acids is 2. The highest BCUT2D eigenvalue weighted by atomic mass is 32.2. The Morgan fingerprint density at radius 2 is 1.88 bits per heavy atom. The molecule has 2 aromatic carbocycles. The summed E-state index contributed by atoms with van der Waals surface area (Å²) in [4.78, 5) is 28.2. The maximum absolute atomic E-state index is 12.9. The molecule has 0 saturated carbocycles. The van der Waals surface area contributed by atoms with Crippen LogP contribution in [-0.4, -0.2) is 28.5 Å². The summed E-state index contributed by atoms with van der Waals surface area (Å²) in [5.74, 6) is -0.00843. The van der Waals surface area contributed by atoms with Crippen LogP contribution in [0.5, 0.6) is 0 Å². The van der Waals surface area contributed by atoms with E-state index in [-0.39, 0.29) is 29.5 Å². The monoisotopic (exact) mass is 352 g/mol. The smallest absolute Gasteiger partial charge is 0.238 e. The lowest BCUT2D eigenvalue weighted by Gasteiger charge is -2.28. The standard InChI is InChI=1S/C20H20N2O2S/c23-19(22-12-6-10-16(22)14-7-2-1-3-8-14)13-18-20(24)21-15-9-4-5-11-17(15)25-18/h1-5,7-9,11,16,18H,6,10,12-13H2,(H,21,24)/t16-,18+/m1/s1. The summed E-state index contributed by atoms with van der Waals surface area (Å²) in [6.45, 7) is 0.772. The molecule has 2 amide bonds. The third kappa shape index (κ3) is 3.29. The molecule has 2 aromatic rings. The average Bonchev–Trinajstić information content (AvgIpc) is 3.13. The van der Waals surface area contributed by atoms with Gasteiger partial charge in [-0.05, 0) is 30.5 Å². The maximum atomic E-state index is 12.9. The molecular formula is C20H20N2O2S. The minimum atomic E-state index is -0.362. The Kier molecular flexibility index (Phi) is 4.49. The number of likely N-dealkylation sites (tertiary alicyclic amines) is 1. The molecule has 1 N–H and O–H groups in total. The Morgan fingerprint density at radius 3 is 2.72 bits per heavy atom. The molecule has 2 heterocycles. The molecule has 25 heavy (non-hydrogen) atoms. The van der Waals surface area contributed by atoms with Crippen LogP contribution in [0, 0.1) is 0 Å². The van der Waals surface area contributed by atoms with Gasteiger partial charge < -0.3 is 10.2 Å². The van der Waals surface area contributed by atoms with Gasteiger partial charge >= 0.3 is 0 Å². The van der Waals surface area contributed by atoms with Crippen LogP contribution in [0.4, 0.5) is 5.69 Å². The van der Waals surface area contributed by atoms with Gasteiger partial charge in [-0.3, -0.25) is 9.59 Å². The lowest BCUT2D eigenvalue weighted by molar-refractivity contribution is -0.133. The van der Waals surface area contributed by atoms with E-state index in [1.54, 1.807) is 0 Å². The first kappa shape index (κ1) is 16.2. The van der Waals surface area contributed by atoms with E-state index in [2.05, 4.69) is 17.4 Å². The van der Waals surface area contributed by atoms with Crippen molar-refractivity contribution < 1.29 is 9.59 Å². The Balaban J connectivity index is 1.47. The van der Waals surface area contributed by atoms with Gasteiger partial charge in [-0.25, -0.2) is 0 Å². The third-order valence-corrected chi connectivity index (χ3v) is 6.10. The van der Waals surface area contributed by atoms with E-state index in [0.29, 0.717) is 0 Å². The van der Waals surface area contributed by atoms with Crippen molar-refractivity contribution in [3.05, 3.63) is 60.2 Å². The molecule has 0 aliphatic carbocycles. The summed E-state index contributed by atoms with van der Waals surface area (Å²) < 4.78 is 0. The normalized spacial score (nSPS) is 22.4. The number of anilines is 1. The minimum Gasteiger partial charge on any atom is -0.336 e. The van der Waals surface area contributed by atoms with E-state index in [0.717, 1.165) is 30.0 Å². The van der Waals surface area contributed by atoms with Crippen molar-refractivity contribution in [3.63, 3.8) is 0 Å². The van der Waals surface area contributed by atoms with Crippen LogP contribution < -0.4 is 5.32 Å². The molecular weight excluding hydrogens is 332 g/mol. The molecule has 1 saturated heterocycles. The lowest BCUT2D eigenvalue weighted by Crippen LogP contribution is -2.37. The Bertz CT molecular complexity index is 793. The Labute approximate surface area is 151 Å². The zero-order valence-electron chi connectivity index (χ0n) is 13.9. The third-order valence-electron chi connectivity index (χ3n) is 4.82.